The molecule has 1 aromatic carbocycles. The molecular weight excluding hydrogens is 325 g/mol. The Morgan fingerprint density at radius 1 is 1.12 bits per heavy atom. The van der Waals surface area contributed by atoms with Gasteiger partial charge in [0.25, 0.3) is 0 Å². The zero-order valence-corrected chi connectivity index (χ0v) is 16.1. The van der Waals surface area contributed by atoms with Crippen LogP contribution in [0.5, 0.6) is 0 Å². The van der Waals surface area contributed by atoms with Gasteiger partial charge in [-0.3, -0.25) is 9.36 Å². The Morgan fingerprint density at radius 3 is 2.12 bits per heavy atom. The highest BCUT2D eigenvalue weighted by Gasteiger charge is 2.55. The molecule has 1 fully saturated rings. The number of carbonyl (C=O) groups excluding carboxylic acids is 1. The molecule has 1 aliphatic heterocycles. The van der Waals surface area contributed by atoms with Crippen molar-refractivity contribution in [2.45, 2.75) is 51.7 Å². The van der Waals surface area contributed by atoms with Crippen LogP contribution in [0.25, 0.3) is 0 Å². The first-order valence-corrected chi connectivity index (χ1v) is 10.1. The van der Waals surface area contributed by atoms with Crippen molar-refractivity contribution in [2.24, 2.45) is 0 Å². The summed E-state index contributed by atoms with van der Waals surface area (Å²) < 4.78 is 24.4. The second-order valence-electron chi connectivity index (χ2n) is 6.96. The first kappa shape index (κ1) is 19.2. The predicted octanol–water partition coefficient (Wildman–Crippen LogP) is 4.05. The van der Waals surface area contributed by atoms with E-state index >= 15 is 0 Å². The molecule has 1 heterocycles. The van der Waals surface area contributed by atoms with Crippen molar-refractivity contribution in [1.29, 1.82) is 0 Å². The normalized spacial score (nSPS) is 22.2. The summed E-state index contributed by atoms with van der Waals surface area (Å²) in [5, 5.41) is 0. The Labute approximate surface area is 144 Å². The number of nitrogens with zero attached hydrogens (tertiary/aromatic N) is 1. The summed E-state index contributed by atoms with van der Waals surface area (Å²) in [6.07, 6.45) is 0. The highest BCUT2D eigenvalue weighted by atomic mass is 31.2. The SMILES string of the molecule is CCOP(=O)(OCC)[C@H]1C(=O)N(C(C)(C)C)CC1c1ccccc1. The maximum atomic E-state index is 13.4. The van der Waals surface area contributed by atoms with Crippen LogP contribution in [0.3, 0.4) is 0 Å². The highest BCUT2D eigenvalue weighted by molar-refractivity contribution is 7.55. The van der Waals surface area contributed by atoms with Gasteiger partial charge in [-0.2, -0.15) is 0 Å². The van der Waals surface area contributed by atoms with Crippen LogP contribution in [-0.2, 0) is 18.4 Å². The second kappa shape index (κ2) is 7.38. The molecule has 1 aromatic rings. The van der Waals surface area contributed by atoms with Gasteiger partial charge in [-0.15, -0.1) is 0 Å². The Hall–Kier alpha value is -1.16. The van der Waals surface area contributed by atoms with Crippen molar-refractivity contribution < 1.29 is 18.4 Å². The summed E-state index contributed by atoms with van der Waals surface area (Å²) in [6.45, 7) is 10.5. The van der Waals surface area contributed by atoms with Gasteiger partial charge in [-0.1, -0.05) is 30.3 Å². The minimum Gasteiger partial charge on any atom is -0.336 e. The molecule has 0 aromatic heterocycles. The lowest BCUT2D eigenvalue weighted by Gasteiger charge is -2.32. The Morgan fingerprint density at radius 2 is 1.67 bits per heavy atom. The minimum absolute atomic E-state index is 0.151. The minimum atomic E-state index is -3.54. The average molecular weight is 353 g/mol. The fourth-order valence-corrected chi connectivity index (χ4v) is 5.46. The standard InChI is InChI=1S/C18H28NO4P/c1-6-22-24(21,23-7-2)16-15(14-11-9-8-10-12-14)13-19(17(16)20)18(3,4)5/h8-12,15-16H,6-7,13H2,1-5H3/t15?,16-/m1/s1. The maximum Gasteiger partial charge on any atom is 0.343 e. The van der Waals surface area contributed by atoms with E-state index in [1.807, 2.05) is 51.1 Å². The van der Waals surface area contributed by atoms with E-state index in [9.17, 15) is 9.36 Å². The molecule has 1 saturated heterocycles. The van der Waals surface area contributed by atoms with Gasteiger partial charge in [0.1, 0.15) is 5.66 Å². The molecule has 134 valence electrons. The smallest absolute Gasteiger partial charge is 0.336 e. The van der Waals surface area contributed by atoms with Gasteiger partial charge in [0.15, 0.2) is 0 Å². The lowest BCUT2D eigenvalue weighted by atomic mass is 9.98. The molecule has 0 aliphatic carbocycles. The third-order valence-electron chi connectivity index (χ3n) is 4.28. The summed E-state index contributed by atoms with van der Waals surface area (Å²) >= 11 is 0. The van der Waals surface area contributed by atoms with E-state index in [1.165, 1.54) is 0 Å². The van der Waals surface area contributed by atoms with Crippen LogP contribution in [0.15, 0.2) is 30.3 Å². The topological polar surface area (TPSA) is 55.8 Å². The van der Waals surface area contributed by atoms with Crippen LogP contribution >= 0.6 is 7.60 Å². The molecule has 24 heavy (non-hydrogen) atoms. The maximum absolute atomic E-state index is 13.4. The monoisotopic (exact) mass is 353 g/mol. The molecule has 0 N–H and O–H groups in total. The van der Waals surface area contributed by atoms with Gasteiger partial charge >= 0.3 is 7.60 Å². The zero-order chi connectivity index (χ0) is 18.0. The molecule has 1 aliphatic rings. The van der Waals surface area contributed by atoms with E-state index < -0.39 is 13.3 Å². The van der Waals surface area contributed by atoms with E-state index in [0.29, 0.717) is 6.54 Å². The van der Waals surface area contributed by atoms with Gasteiger partial charge in [0.2, 0.25) is 5.91 Å². The molecule has 6 heteroatoms. The number of likely N-dealkylation sites (tertiary alicyclic amines) is 1. The number of hydrogen-bond donors (Lipinski definition) is 0. The molecular formula is C18H28NO4P. The van der Waals surface area contributed by atoms with Crippen molar-refractivity contribution in [1.82, 2.24) is 4.90 Å². The largest absolute Gasteiger partial charge is 0.343 e. The van der Waals surface area contributed by atoms with Crippen LogP contribution < -0.4 is 0 Å². The molecule has 2 rings (SSSR count). The Kier molecular flexibility index (Phi) is 5.90. The molecule has 2 atom stereocenters. The third-order valence-corrected chi connectivity index (χ3v) is 6.77. The Balaban J connectivity index is 2.50. The van der Waals surface area contributed by atoms with E-state index in [0.717, 1.165) is 5.56 Å². The molecule has 1 amide bonds. The van der Waals surface area contributed by atoms with Gasteiger partial charge in [0, 0.05) is 18.0 Å². The average Bonchev–Trinajstić information content (AvgIpc) is 2.87. The van der Waals surface area contributed by atoms with E-state index in [4.69, 9.17) is 9.05 Å². The van der Waals surface area contributed by atoms with Crippen LogP contribution in [0, 0.1) is 0 Å². The number of carbonyl (C=O) groups is 1. The van der Waals surface area contributed by atoms with E-state index in [2.05, 4.69) is 0 Å². The molecule has 0 saturated carbocycles. The Bertz CT molecular complexity index is 601. The molecule has 5 nitrogen and oxygen atoms in total. The quantitative estimate of drug-likeness (QED) is 0.724. The van der Waals surface area contributed by atoms with Gasteiger partial charge in [-0.05, 0) is 40.2 Å². The zero-order valence-electron chi connectivity index (χ0n) is 15.2. The molecule has 0 bridgehead atoms. The molecule has 0 spiro atoms. The number of rotatable bonds is 6. The first-order valence-electron chi connectivity index (χ1n) is 8.49. The van der Waals surface area contributed by atoms with Crippen molar-refractivity contribution in [3.05, 3.63) is 35.9 Å². The van der Waals surface area contributed by atoms with Gasteiger partial charge in [0.05, 0.1) is 13.2 Å². The lowest BCUT2D eigenvalue weighted by molar-refractivity contribution is -0.131. The highest BCUT2D eigenvalue weighted by Crippen LogP contribution is 2.60. The predicted molar refractivity (Wildman–Crippen MR) is 95.3 cm³/mol. The fourth-order valence-electron chi connectivity index (χ4n) is 3.22. The number of hydrogen-bond acceptors (Lipinski definition) is 4. The van der Waals surface area contributed by atoms with Crippen molar-refractivity contribution >= 4 is 13.5 Å². The fraction of sp³-hybridized carbons (Fsp3) is 0.611. The second-order valence-corrected chi connectivity index (χ2v) is 9.11. The van der Waals surface area contributed by atoms with E-state index in [-0.39, 0.29) is 30.6 Å². The summed E-state index contributed by atoms with van der Waals surface area (Å²) in [5.74, 6) is -0.358. The number of benzene rings is 1. The summed E-state index contributed by atoms with van der Waals surface area (Å²) in [6, 6.07) is 9.74. The van der Waals surface area contributed by atoms with Gasteiger partial charge < -0.3 is 13.9 Å². The summed E-state index contributed by atoms with van der Waals surface area (Å²) in [4.78, 5) is 14.9. The summed E-state index contributed by atoms with van der Waals surface area (Å²) in [7, 11) is -3.54. The van der Waals surface area contributed by atoms with Crippen molar-refractivity contribution in [3.63, 3.8) is 0 Å². The summed E-state index contributed by atoms with van der Waals surface area (Å²) in [5.41, 5.74) is -0.150. The first-order chi connectivity index (χ1) is 11.2. The van der Waals surface area contributed by atoms with Crippen molar-refractivity contribution in [2.75, 3.05) is 19.8 Å². The van der Waals surface area contributed by atoms with Crippen LogP contribution in [0.1, 0.15) is 46.1 Å². The lowest BCUT2D eigenvalue weighted by Crippen LogP contribution is -2.44. The van der Waals surface area contributed by atoms with Crippen molar-refractivity contribution in [3.8, 4) is 0 Å². The van der Waals surface area contributed by atoms with Crippen LogP contribution in [-0.4, -0.2) is 41.8 Å². The third kappa shape index (κ3) is 3.74. The molecule has 0 radical (unpaired) electrons. The van der Waals surface area contributed by atoms with E-state index in [1.54, 1.807) is 18.7 Å². The van der Waals surface area contributed by atoms with Gasteiger partial charge in [-0.25, -0.2) is 0 Å². The number of amides is 1. The molecule has 1 unspecified atom stereocenters. The van der Waals surface area contributed by atoms with Crippen LogP contribution in [0.4, 0.5) is 0 Å². The van der Waals surface area contributed by atoms with Crippen LogP contribution in [0.2, 0.25) is 0 Å².